The maximum atomic E-state index is 13.5. The van der Waals surface area contributed by atoms with Crippen molar-refractivity contribution < 1.29 is 27.2 Å². The first-order chi connectivity index (χ1) is 15.5. The van der Waals surface area contributed by atoms with Crippen LogP contribution in [0.25, 0.3) is 11.0 Å². The Morgan fingerprint density at radius 2 is 1.94 bits per heavy atom. The van der Waals surface area contributed by atoms with Gasteiger partial charge in [-0.05, 0) is 49.2 Å². The third-order valence-corrected chi connectivity index (χ3v) is 5.75. The van der Waals surface area contributed by atoms with E-state index in [0.717, 1.165) is 11.6 Å². The summed E-state index contributed by atoms with van der Waals surface area (Å²) in [4.78, 5) is 32.9. The topological polar surface area (TPSA) is 86.9 Å². The second kappa shape index (κ2) is 8.33. The quantitative estimate of drug-likeness (QED) is 0.439. The van der Waals surface area contributed by atoms with Crippen LogP contribution in [-0.4, -0.2) is 27.3 Å². The number of aromatic amines is 1. The summed E-state index contributed by atoms with van der Waals surface area (Å²) in [6, 6.07) is 7.39. The van der Waals surface area contributed by atoms with Crippen molar-refractivity contribution in [3.05, 3.63) is 58.6 Å². The Kier molecular flexibility index (Phi) is 5.81. The molecule has 3 aromatic rings. The van der Waals surface area contributed by atoms with E-state index in [1.807, 2.05) is 0 Å². The van der Waals surface area contributed by atoms with Gasteiger partial charge in [0.25, 0.3) is 0 Å². The Hall–Kier alpha value is -3.14. The van der Waals surface area contributed by atoms with Crippen LogP contribution < -0.4 is 10.6 Å². The van der Waals surface area contributed by atoms with E-state index in [4.69, 9.17) is 11.6 Å². The summed E-state index contributed by atoms with van der Waals surface area (Å²) in [5.41, 5.74) is -1.45. The fourth-order valence-corrected chi connectivity index (χ4v) is 3.65. The summed E-state index contributed by atoms with van der Waals surface area (Å²) in [5.74, 6) is -2.43. The Morgan fingerprint density at radius 3 is 2.61 bits per heavy atom. The largest absolute Gasteiger partial charge is 0.419 e. The van der Waals surface area contributed by atoms with Gasteiger partial charge in [-0.25, -0.2) is 9.37 Å². The summed E-state index contributed by atoms with van der Waals surface area (Å²) in [7, 11) is 0. The highest BCUT2D eigenvalue weighted by molar-refractivity contribution is 6.31. The van der Waals surface area contributed by atoms with Gasteiger partial charge in [-0.15, -0.1) is 0 Å². The van der Waals surface area contributed by atoms with E-state index >= 15 is 0 Å². The van der Waals surface area contributed by atoms with E-state index in [-0.39, 0.29) is 12.1 Å². The molecule has 2 amide bonds. The average molecular weight is 483 g/mol. The van der Waals surface area contributed by atoms with Crippen LogP contribution in [0.3, 0.4) is 0 Å². The fraction of sp³-hybridized carbons (Fsp3) is 0.318. The summed E-state index contributed by atoms with van der Waals surface area (Å²) < 4.78 is 52.2. The summed E-state index contributed by atoms with van der Waals surface area (Å²) in [6.45, 7) is 1.68. The van der Waals surface area contributed by atoms with Crippen molar-refractivity contribution in [2.75, 3.05) is 5.32 Å². The Labute approximate surface area is 190 Å². The number of aromatic nitrogens is 2. The van der Waals surface area contributed by atoms with Crippen molar-refractivity contribution in [2.24, 2.45) is 5.92 Å². The van der Waals surface area contributed by atoms with Crippen LogP contribution in [0.15, 0.2) is 36.4 Å². The molecule has 3 N–H and O–H groups in total. The average Bonchev–Trinajstić information content (AvgIpc) is 3.40. The first-order valence-corrected chi connectivity index (χ1v) is 10.5. The van der Waals surface area contributed by atoms with Crippen LogP contribution in [0.2, 0.25) is 5.02 Å². The second-order valence-corrected chi connectivity index (χ2v) is 8.60. The maximum absolute atomic E-state index is 13.5. The number of carbonyl (C=O) groups excluding carboxylic acids is 2. The molecule has 1 aromatic heterocycles. The molecule has 2 aromatic carbocycles. The van der Waals surface area contributed by atoms with Gasteiger partial charge in [0.2, 0.25) is 11.8 Å². The summed E-state index contributed by atoms with van der Waals surface area (Å²) >= 11 is 5.97. The van der Waals surface area contributed by atoms with Crippen molar-refractivity contribution in [1.82, 2.24) is 15.3 Å². The number of benzene rings is 2. The SMILES string of the molecule is C[C@@H](Cc1nc2ccc(Cl)cc2[nH]1)C(=O)NC1(C(=O)Nc2ccc(F)c(C(F)(F)F)c2)CC1. The lowest BCUT2D eigenvalue weighted by Gasteiger charge is -2.20. The molecule has 1 fully saturated rings. The minimum atomic E-state index is -4.90. The van der Waals surface area contributed by atoms with Crippen LogP contribution in [0.5, 0.6) is 0 Å². The van der Waals surface area contributed by atoms with Gasteiger partial charge in [0, 0.05) is 23.0 Å². The highest BCUT2D eigenvalue weighted by Gasteiger charge is 2.51. The Bertz CT molecular complexity index is 1240. The lowest BCUT2D eigenvalue weighted by atomic mass is 10.1. The molecule has 33 heavy (non-hydrogen) atoms. The number of anilines is 1. The number of halogens is 5. The predicted molar refractivity (Wildman–Crippen MR) is 114 cm³/mol. The van der Waals surface area contributed by atoms with Gasteiger partial charge >= 0.3 is 6.18 Å². The zero-order valence-electron chi connectivity index (χ0n) is 17.3. The first-order valence-electron chi connectivity index (χ1n) is 10.1. The number of nitrogens with one attached hydrogen (secondary N) is 3. The first kappa shape index (κ1) is 23.0. The summed E-state index contributed by atoms with van der Waals surface area (Å²) in [6.07, 6.45) is -3.93. The fourth-order valence-electron chi connectivity index (χ4n) is 3.48. The standard InChI is InChI=1S/C22H19ClF4N4O2/c1-11(8-18-29-16-5-2-12(23)9-17(16)30-18)19(32)31-21(6-7-21)20(33)28-13-3-4-15(24)14(10-13)22(25,26)27/h2-5,9-11H,6-8H2,1H3,(H,28,33)(H,29,30)(H,31,32)/t11-/m0/s1. The summed E-state index contributed by atoms with van der Waals surface area (Å²) in [5, 5.41) is 5.60. The monoisotopic (exact) mass is 482 g/mol. The van der Waals surface area contributed by atoms with Gasteiger partial charge in [0.15, 0.2) is 0 Å². The molecule has 0 saturated heterocycles. The maximum Gasteiger partial charge on any atom is 0.419 e. The van der Waals surface area contributed by atoms with Crippen molar-refractivity contribution in [1.29, 1.82) is 0 Å². The van der Waals surface area contributed by atoms with E-state index in [0.29, 0.717) is 41.3 Å². The van der Waals surface area contributed by atoms with Gasteiger partial charge in [-0.2, -0.15) is 13.2 Å². The number of amides is 2. The van der Waals surface area contributed by atoms with E-state index in [1.54, 1.807) is 25.1 Å². The molecule has 1 aliphatic carbocycles. The lowest BCUT2D eigenvalue weighted by Crippen LogP contribution is -2.48. The predicted octanol–water partition coefficient (Wildman–Crippen LogP) is 4.84. The van der Waals surface area contributed by atoms with E-state index in [9.17, 15) is 27.2 Å². The Morgan fingerprint density at radius 1 is 1.21 bits per heavy atom. The van der Waals surface area contributed by atoms with Gasteiger partial charge in [-0.3, -0.25) is 9.59 Å². The molecule has 0 unspecified atom stereocenters. The van der Waals surface area contributed by atoms with Crippen LogP contribution in [0, 0.1) is 11.7 Å². The van der Waals surface area contributed by atoms with Crippen LogP contribution >= 0.6 is 11.6 Å². The molecule has 4 rings (SSSR count). The number of hydrogen-bond donors (Lipinski definition) is 3. The molecule has 11 heteroatoms. The molecule has 6 nitrogen and oxygen atoms in total. The molecule has 1 heterocycles. The van der Waals surface area contributed by atoms with Gasteiger partial charge in [0.05, 0.1) is 16.6 Å². The lowest BCUT2D eigenvalue weighted by molar-refractivity contribution is -0.140. The van der Waals surface area contributed by atoms with Gasteiger partial charge in [0.1, 0.15) is 17.2 Å². The molecule has 0 spiro atoms. The van der Waals surface area contributed by atoms with Crippen molar-refractivity contribution in [3.8, 4) is 0 Å². The smallest absolute Gasteiger partial charge is 0.342 e. The normalized spacial score (nSPS) is 15.8. The van der Waals surface area contributed by atoms with Gasteiger partial charge < -0.3 is 15.6 Å². The molecule has 1 aliphatic rings. The Balaban J connectivity index is 1.40. The number of carbonyl (C=O) groups is 2. The van der Waals surface area contributed by atoms with E-state index in [1.165, 1.54) is 0 Å². The second-order valence-electron chi connectivity index (χ2n) is 8.17. The highest BCUT2D eigenvalue weighted by atomic mass is 35.5. The number of alkyl halides is 3. The molecular formula is C22H19ClF4N4O2. The van der Waals surface area contributed by atoms with Crippen molar-refractivity contribution >= 4 is 40.1 Å². The number of H-pyrrole nitrogens is 1. The third kappa shape index (κ3) is 4.95. The molecule has 1 saturated carbocycles. The number of rotatable bonds is 6. The van der Waals surface area contributed by atoms with Crippen LogP contribution in [0.4, 0.5) is 23.2 Å². The molecule has 0 radical (unpaired) electrons. The minimum absolute atomic E-state index is 0.205. The number of nitrogens with zero attached hydrogens (tertiary/aromatic N) is 1. The number of fused-ring (bicyclic) bond motifs is 1. The molecular weight excluding hydrogens is 464 g/mol. The molecule has 1 atom stereocenters. The van der Waals surface area contributed by atoms with Gasteiger partial charge in [-0.1, -0.05) is 18.5 Å². The van der Waals surface area contributed by atoms with Crippen molar-refractivity contribution in [3.63, 3.8) is 0 Å². The molecule has 0 aliphatic heterocycles. The van der Waals surface area contributed by atoms with Crippen LogP contribution in [0.1, 0.15) is 31.2 Å². The third-order valence-electron chi connectivity index (χ3n) is 5.52. The molecule has 174 valence electrons. The highest BCUT2D eigenvalue weighted by Crippen LogP contribution is 2.38. The molecule has 0 bridgehead atoms. The zero-order valence-corrected chi connectivity index (χ0v) is 18.1. The minimum Gasteiger partial charge on any atom is -0.342 e. The van der Waals surface area contributed by atoms with E-state index < -0.39 is 40.8 Å². The zero-order chi connectivity index (χ0) is 24.0. The number of imidazole rings is 1. The van der Waals surface area contributed by atoms with Crippen molar-refractivity contribution in [2.45, 2.75) is 37.9 Å². The van der Waals surface area contributed by atoms with Crippen LogP contribution in [-0.2, 0) is 22.2 Å². The number of hydrogen-bond acceptors (Lipinski definition) is 3. The van der Waals surface area contributed by atoms with E-state index in [2.05, 4.69) is 20.6 Å².